The maximum absolute atomic E-state index is 12.4. The highest BCUT2D eigenvalue weighted by molar-refractivity contribution is 5.34. The highest BCUT2D eigenvalue weighted by atomic mass is 19.3. The van der Waals surface area contributed by atoms with Gasteiger partial charge in [-0.05, 0) is 38.1 Å². The van der Waals surface area contributed by atoms with Gasteiger partial charge in [0.2, 0.25) is 0 Å². The van der Waals surface area contributed by atoms with E-state index in [-0.39, 0.29) is 25.7 Å². The van der Waals surface area contributed by atoms with Crippen LogP contribution < -0.4 is 4.74 Å². The van der Waals surface area contributed by atoms with Crippen molar-refractivity contribution in [2.75, 3.05) is 19.7 Å². The second-order valence-electron chi connectivity index (χ2n) is 5.04. The number of nitrogens with zero attached hydrogens (tertiary/aromatic N) is 2. The van der Waals surface area contributed by atoms with Crippen molar-refractivity contribution in [3.8, 4) is 11.8 Å². The lowest BCUT2D eigenvalue weighted by Crippen LogP contribution is -2.42. The quantitative estimate of drug-likeness (QED) is 0.800. The number of ether oxygens (including phenoxy) is 1. The SMILES string of the molecule is CC(C)N(CC(F)F)CC(O)COc1ccc(C#N)cc1. The fourth-order valence-electron chi connectivity index (χ4n) is 1.81. The first-order valence-corrected chi connectivity index (χ1v) is 6.75. The number of nitriles is 1. The van der Waals surface area contributed by atoms with Crippen LogP contribution in [0.4, 0.5) is 8.78 Å². The summed E-state index contributed by atoms with van der Waals surface area (Å²) in [5.41, 5.74) is 0.519. The molecule has 1 N–H and O–H groups in total. The zero-order valence-corrected chi connectivity index (χ0v) is 12.2. The van der Waals surface area contributed by atoms with Gasteiger partial charge in [-0.3, -0.25) is 4.90 Å². The van der Waals surface area contributed by atoms with Crippen LogP contribution in [0.2, 0.25) is 0 Å². The molecule has 1 aromatic rings. The van der Waals surface area contributed by atoms with Gasteiger partial charge in [-0.2, -0.15) is 5.26 Å². The van der Waals surface area contributed by atoms with Gasteiger partial charge < -0.3 is 9.84 Å². The van der Waals surface area contributed by atoms with Gasteiger partial charge in [0.15, 0.2) is 0 Å². The summed E-state index contributed by atoms with van der Waals surface area (Å²) in [5.74, 6) is 0.526. The minimum absolute atomic E-state index is 0.0123. The Kier molecular flexibility index (Phi) is 7.06. The predicted molar refractivity (Wildman–Crippen MR) is 75.4 cm³/mol. The number of halogens is 2. The van der Waals surface area contributed by atoms with Gasteiger partial charge in [0.05, 0.1) is 18.2 Å². The van der Waals surface area contributed by atoms with Crippen LogP contribution in [0, 0.1) is 11.3 Å². The molecule has 4 nitrogen and oxygen atoms in total. The standard InChI is InChI=1S/C15H20F2N2O2/c1-11(2)19(9-15(16)17)8-13(20)10-21-14-5-3-12(7-18)4-6-14/h3-6,11,13,15,20H,8-10H2,1-2H3. The summed E-state index contributed by atoms with van der Waals surface area (Å²) in [6, 6.07) is 8.39. The second-order valence-corrected chi connectivity index (χ2v) is 5.04. The third-order valence-electron chi connectivity index (χ3n) is 2.97. The molecule has 0 saturated carbocycles. The Labute approximate surface area is 123 Å². The first kappa shape index (κ1) is 17.3. The molecule has 1 aromatic carbocycles. The van der Waals surface area contributed by atoms with Crippen molar-refractivity contribution in [1.29, 1.82) is 5.26 Å². The Morgan fingerprint density at radius 1 is 1.24 bits per heavy atom. The van der Waals surface area contributed by atoms with E-state index >= 15 is 0 Å². The predicted octanol–water partition coefficient (Wildman–Crippen LogP) is 2.27. The van der Waals surface area contributed by atoms with Crippen LogP contribution >= 0.6 is 0 Å². The molecule has 0 fully saturated rings. The smallest absolute Gasteiger partial charge is 0.251 e. The summed E-state index contributed by atoms with van der Waals surface area (Å²) < 4.78 is 30.3. The molecule has 0 spiro atoms. The van der Waals surface area contributed by atoms with Crippen LogP contribution in [-0.4, -0.2) is 48.3 Å². The molecule has 0 aliphatic heterocycles. The fraction of sp³-hybridized carbons (Fsp3) is 0.533. The van der Waals surface area contributed by atoms with Gasteiger partial charge in [0, 0.05) is 12.6 Å². The molecular formula is C15H20F2N2O2. The highest BCUT2D eigenvalue weighted by Crippen LogP contribution is 2.12. The Balaban J connectivity index is 2.44. The van der Waals surface area contributed by atoms with E-state index in [9.17, 15) is 13.9 Å². The molecule has 0 amide bonds. The lowest BCUT2D eigenvalue weighted by molar-refractivity contribution is 0.0233. The third-order valence-corrected chi connectivity index (χ3v) is 2.97. The zero-order chi connectivity index (χ0) is 15.8. The monoisotopic (exact) mass is 298 g/mol. The third kappa shape index (κ3) is 6.52. The Hall–Kier alpha value is -1.71. The molecule has 0 saturated heterocycles. The van der Waals surface area contributed by atoms with E-state index < -0.39 is 12.5 Å². The normalized spacial score (nSPS) is 12.7. The van der Waals surface area contributed by atoms with Crippen molar-refractivity contribution in [2.45, 2.75) is 32.4 Å². The number of alkyl halides is 2. The van der Waals surface area contributed by atoms with Crippen LogP contribution in [0.25, 0.3) is 0 Å². The minimum Gasteiger partial charge on any atom is -0.491 e. The van der Waals surface area contributed by atoms with Crippen molar-refractivity contribution in [3.05, 3.63) is 29.8 Å². The van der Waals surface area contributed by atoms with E-state index in [1.807, 2.05) is 6.07 Å². The van der Waals surface area contributed by atoms with Crippen molar-refractivity contribution in [1.82, 2.24) is 4.90 Å². The molecule has 0 aliphatic rings. The van der Waals surface area contributed by atoms with Gasteiger partial charge in [-0.15, -0.1) is 0 Å². The summed E-state index contributed by atoms with van der Waals surface area (Å²) in [6.45, 7) is 3.37. The molecule has 0 heterocycles. The minimum atomic E-state index is -2.43. The van der Waals surface area contributed by atoms with Crippen LogP contribution in [-0.2, 0) is 0 Å². The zero-order valence-electron chi connectivity index (χ0n) is 12.2. The van der Waals surface area contributed by atoms with E-state index in [1.54, 1.807) is 38.1 Å². The summed E-state index contributed by atoms with van der Waals surface area (Å²) in [4.78, 5) is 1.51. The molecule has 0 bridgehead atoms. The Bertz CT molecular complexity index is 458. The molecule has 0 aliphatic carbocycles. The van der Waals surface area contributed by atoms with Crippen LogP contribution in [0.1, 0.15) is 19.4 Å². The molecule has 116 valence electrons. The first-order valence-electron chi connectivity index (χ1n) is 6.75. The second kappa shape index (κ2) is 8.55. The molecule has 6 heteroatoms. The van der Waals surface area contributed by atoms with Crippen LogP contribution in [0.3, 0.4) is 0 Å². The lowest BCUT2D eigenvalue weighted by Gasteiger charge is -2.28. The number of benzene rings is 1. The summed E-state index contributed by atoms with van der Waals surface area (Å²) in [6.07, 6.45) is -3.29. The molecule has 1 atom stereocenters. The molecule has 0 radical (unpaired) electrons. The molecular weight excluding hydrogens is 278 g/mol. The summed E-state index contributed by atoms with van der Waals surface area (Å²) in [5, 5.41) is 18.6. The maximum Gasteiger partial charge on any atom is 0.251 e. The highest BCUT2D eigenvalue weighted by Gasteiger charge is 2.19. The van der Waals surface area contributed by atoms with Crippen molar-refractivity contribution in [2.24, 2.45) is 0 Å². The van der Waals surface area contributed by atoms with Crippen molar-refractivity contribution >= 4 is 0 Å². The summed E-state index contributed by atoms with van der Waals surface area (Å²) in [7, 11) is 0. The number of rotatable bonds is 8. The van der Waals surface area contributed by atoms with Crippen molar-refractivity contribution < 1.29 is 18.6 Å². The average molecular weight is 298 g/mol. The van der Waals surface area contributed by atoms with E-state index in [0.717, 1.165) is 0 Å². The molecule has 1 rings (SSSR count). The van der Waals surface area contributed by atoms with Gasteiger partial charge in [-0.25, -0.2) is 8.78 Å². The number of aliphatic hydroxyl groups excluding tert-OH is 1. The van der Waals surface area contributed by atoms with Crippen LogP contribution in [0.15, 0.2) is 24.3 Å². The Morgan fingerprint density at radius 3 is 2.33 bits per heavy atom. The van der Waals surface area contributed by atoms with Gasteiger partial charge in [-0.1, -0.05) is 0 Å². The van der Waals surface area contributed by atoms with E-state index in [0.29, 0.717) is 11.3 Å². The number of aliphatic hydroxyl groups is 1. The van der Waals surface area contributed by atoms with E-state index in [4.69, 9.17) is 10.00 Å². The topological polar surface area (TPSA) is 56.5 Å². The van der Waals surface area contributed by atoms with Crippen molar-refractivity contribution in [3.63, 3.8) is 0 Å². The lowest BCUT2D eigenvalue weighted by atomic mass is 10.2. The fourth-order valence-corrected chi connectivity index (χ4v) is 1.81. The molecule has 21 heavy (non-hydrogen) atoms. The molecule has 0 aromatic heterocycles. The summed E-state index contributed by atoms with van der Waals surface area (Å²) >= 11 is 0. The van der Waals surface area contributed by atoms with Gasteiger partial charge in [0.25, 0.3) is 6.43 Å². The Morgan fingerprint density at radius 2 is 1.86 bits per heavy atom. The molecule has 1 unspecified atom stereocenters. The van der Waals surface area contributed by atoms with E-state index in [1.165, 1.54) is 4.90 Å². The first-order chi connectivity index (χ1) is 9.92. The van der Waals surface area contributed by atoms with Gasteiger partial charge in [0.1, 0.15) is 18.5 Å². The van der Waals surface area contributed by atoms with E-state index in [2.05, 4.69) is 0 Å². The largest absolute Gasteiger partial charge is 0.491 e. The number of hydrogen-bond acceptors (Lipinski definition) is 4. The van der Waals surface area contributed by atoms with Crippen LogP contribution in [0.5, 0.6) is 5.75 Å². The van der Waals surface area contributed by atoms with Gasteiger partial charge >= 0.3 is 0 Å². The number of hydrogen-bond donors (Lipinski definition) is 1. The average Bonchev–Trinajstić information content (AvgIpc) is 2.44. The maximum atomic E-state index is 12.4.